The highest BCUT2D eigenvalue weighted by Crippen LogP contribution is 2.39. The van der Waals surface area contributed by atoms with Crippen molar-refractivity contribution in [2.24, 2.45) is 0 Å². The Balaban J connectivity index is 0.000000191. The van der Waals surface area contributed by atoms with Crippen LogP contribution in [0.25, 0.3) is 5.52 Å². The molecule has 0 bridgehead atoms. The third-order valence-corrected chi connectivity index (χ3v) is 23.0. The zero-order chi connectivity index (χ0) is 46.5. The zero-order valence-corrected chi connectivity index (χ0v) is 41.9. The van der Waals surface area contributed by atoms with Gasteiger partial charge in [0.05, 0.1) is 48.4 Å². The molecule has 0 radical (unpaired) electrons. The largest absolute Gasteiger partial charge is 0.410 e. The number of rotatable bonds is 8. The van der Waals surface area contributed by atoms with Gasteiger partial charge in [-0.2, -0.15) is 0 Å². The molecule has 3 atom stereocenters. The number of nitrogens with zero attached hydrogens (tertiary/aromatic N) is 7. The first-order chi connectivity index (χ1) is 30.0. The summed E-state index contributed by atoms with van der Waals surface area (Å²) in [4.78, 5) is 62.2. The Bertz CT molecular complexity index is 2620. The summed E-state index contributed by atoms with van der Waals surface area (Å²) in [5, 5.41) is 3.47. The van der Waals surface area contributed by atoms with Crippen LogP contribution in [0.5, 0.6) is 0 Å². The van der Waals surface area contributed by atoms with Crippen LogP contribution in [-0.2, 0) is 48.1 Å². The van der Waals surface area contributed by atoms with Gasteiger partial charge in [0.25, 0.3) is 11.8 Å². The lowest BCUT2D eigenvalue weighted by Crippen LogP contribution is -2.48. The number of nitrogens with one attached hydrogen (secondary N) is 1. The van der Waals surface area contributed by atoms with E-state index in [0.717, 1.165) is 22.5 Å². The van der Waals surface area contributed by atoms with E-state index >= 15 is 0 Å². The summed E-state index contributed by atoms with van der Waals surface area (Å²) in [6.45, 7) is 29.7. The van der Waals surface area contributed by atoms with Gasteiger partial charge < -0.3 is 24.0 Å². The maximum Gasteiger partial charge on any atom is 0.333 e. The lowest BCUT2D eigenvalue weighted by molar-refractivity contribution is 0.0640. The highest BCUT2D eigenvalue weighted by atomic mass is 28.4. The van der Waals surface area contributed by atoms with Gasteiger partial charge in [-0.05, 0) is 61.2 Å². The fourth-order valence-electron chi connectivity index (χ4n) is 8.33. The summed E-state index contributed by atoms with van der Waals surface area (Å²) >= 11 is 0. The molecule has 0 saturated heterocycles. The lowest BCUT2D eigenvalue weighted by atomic mass is 10.1. The molecule has 3 aliphatic heterocycles. The van der Waals surface area contributed by atoms with E-state index in [1.165, 1.54) is 4.40 Å². The van der Waals surface area contributed by atoms with E-state index in [2.05, 4.69) is 85.0 Å². The number of carbonyl (C=O) groups is 2. The number of carbonyl (C=O) groups excluding carboxylic acids is 2. The fourth-order valence-corrected chi connectivity index (χ4v) is 11.0. The van der Waals surface area contributed by atoms with Crippen molar-refractivity contribution >= 4 is 34.0 Å². The maximum atomic E-state index is 13.8. The van der Waals surface area contributed by atoms with E-state index in [9.17, 15) is 19.2 Å². The molecule has 14 nitrogen and oxygen atoms in total. The average molecular weight is 909 g/mol. The summed E-state index contributed by atoms with van der Waals surface area (Å²) in [6.07, 6.45) is 2.82. The third kappa shape index (κ3) is 9.57. The molecule has 8 rings (SSSR count). The van der Waals surface area contributed by atoms with Gasteiger partial charge in [0, 0.05) is 51.5 Å². The molecule has 0 fully saturated rings. The molecule has 3 aromatic heterocycles. The maximum absolute atomic E-state index is 13.8. The Hall–Kier alpha value is -4.88. The molecule has 3 aliphatic rings. The van der Waals surface area contributed by atoms with Gasteiger partial charge in [-0.1, -0.05) is 102 Å². The number of amides is 2. The summed E-state index contributed by atoms with van der Waals surface area (Å²) < 4.78 is 20.1. The zero-order valence-electron chi connectivity index (χ0n) is 39.9. The second-order valence-electron chi connectivity index (χ2n) is 20.9. The summed E-state index contributed by atoms with van der Waals surface area (Å²) in [5.41, 5.74) is 4.76. The molecule has 0 saturated carbocycles. The van der Waals surface area contributed by atoms with Crippen LogP contribution >= 0.6 is 0 Å². The van der Waals surface area contributed by atoms with Crippen LogP contribution in [0.2, 0.25) is 36.3 Å². The minimum Gasteiger partial charge on any atom is -0.410 e. The van der Waals surface area contributed by atoms with Gasteiger partial charge in [0.1, 0.15) is 11.4 Å². The topological polar surface area (TPSA) is 137 Å². The molecule has 16 heteroatoms. The van der Waals surface area contributed by atoms with Crippen LogP contribution in [0.4, 0.5) is 0 Å². The Kier molecular flexibility index (Phi) is 13.1. The molecular weight excluding hydrogens is 841 g/mol. The Labute approximate surface area is 379 Å². The number of imidazole rings is 2. The second kappa shape index (κ2) is 17.8. The Morgan fingerprint density at radius 2 is 1.12 bits per heavy atom. The fraction of sp³-hybridized carbons (Fsp3) is 0.521. The molecular formula is C48H68N8O6Si2. The van der Waals surface area contributed by atoms with E-state index in [4.69, 9.17) is 8.85 Å². The molecule has 344 valence electrons. The molecule has 1 N–H and O–H groups in total. The highest BCUT2D eigenvalue weighted by Gasteiger charge is 2.44. The van der Waals surface area contributed by atoms with Crippen LogP contribution in [-0.4, -0.2) is 92.7 Å². The van der Waals surface area contributed by atoms with Gasteiger partial charge in [-0.25, -0.2) is 9.59 Å². The first-order valence-corrected chi connectivity index (χ1v) is 28.4. The van der Waals surface area contributed by atoms with Crippen LogP contribution in [0.3, 0.4) is 0 Å². The molecule has 2 aromatic carbocycles. The standard InChI is InChI=1S/C24H36N4O3Si.C24H32N4O3Si/c2*1-17-13-27-20(12-25-17)21-22(29)26(14-18-10-8-7-9-11-18)15-19(16-28(21)23(27)30)31-32(5,6)24(2,3)4/h7-11,17,19,25H,12-16H2,1-6H3;7-13,19H,14-16H2,1-6H3. The molecule has 0 aliphatic carbocycles. The molecule has 0 spiro atoms. The van der Waals surface area contributed by atoms with Gasteiger partial charge in [-0.15, -0.1) is 0 Å². The van der Waals surface area contributed by atoms with Crippen molar-refractivity contribution in [2.75, 3.05) is 13.1 Å². The highest BCUT2D eigenvalue weighted by molar-refractivity contribution is 6.74. The Morgan fingerprint density at radius 3 is 1.61 bits per heavy atom. The lowest BCUT2D eigenvalue weighted by Gasteiger charge is -2.39. The first-order valence-electron chi connectivity index (χ1n) is 22.6. The monoisotopic (exact) mass is 908 g/mol. The van der Waals surface area contributed by atoms with Crippen molar-refractivity contribution in [3.8, 4) is 0 Å². The van der Waals surface area contributed by atoms with E-state index in [1.54, 1.807) is 26.1 Å². The SMILES string of the molecule is CC1Cn2c(c3n(c2=O)CC(O[Si](C)(C)C(C)(C)C)CN(Cc2ccccc2)C3=O)CN1.Cc1cn2c(=O)n3c(c2cn1)C(=O)N(Cc1ccccc1)CC(O[Si](C)(C)C(C)(C)C)C3. The van der Waals surface area contributed by atoms with Gasteiger partial charge >= 0.3 is 11.4 Å². The predicted octanol–water partition coefficient (Wildman–Crippen LogP) is 7.04. The van der Waals surface area contributed by atoms with E-state index in [1.807, 2.05) is 77.4 Å². The number of aryl methyl sites for hydroxylation is 1. The van der Waals surface area contributed by atoms with Gasteiger partial charge in [-0.3, -0.25) is 32.7 Å². The summed E-state index contributed by atoms with van der Waals surface area (Å²) in [7, 11) is -4.21. The van der Waals surface area contributed by atoms with Crippen molar-refractivity contribution in [1.29, 1.82) is 0 Å². The van der Waals surface area contributed by atoms with Crippen LogP contribution < -0.4 is 16.7 Å². The minimum atomic E-state index is -2.12. The normalized spacial score (nSPS) is 19.7. The van der Waals surface area contributed by atoms with Crippen molar-refractivity contribution in [3.63, 3.8) is 0 Å². The van der Waals surface area contributed by atoms with E-state index in [-0.39, 0.29) is 51.5 Å². The van der Waals surface area contributed by atoms with Crippen molar-refractivity contribution in [3.05, 3.63) is 128 Å². The molecule has 64 heavy (non-hydrogen) atoms. The number of fused-ring (bicyclic) bond motifs is 6. The first kappa shape index (κ1) is 47.1. The molecule has 3 unspecified atom stereocenters. The predicted molar refractivity (Wildman–Crippen MR) is 256 cm³/mol. The average Bonchev–Trinajstić information content (AvgIpc) is 3.52. The van der Waals surface area contributed by atoms with Crippen molar-refractivity contribution in [2.45, 2.75) is 149 Å². The molecule has 2 amide bonds. The number of hydrogen-bond acceptors (Lipinski definition) is 8. The Morgan fingerprint density at radius 1 is 0.656 bits per heavy atom. The van der Waals surface area contributed by atoms with E-state index in [0.29, 0.717) is 69.3 Å². The van der Waals surface area contributed by atoms with Crippen LogP contribution in [0, 0.1) is 6.92 Å². The quantitative estimate of drug-likeness (QED) is 0.164. The molecule has 5 aromatic rings. The number of hydrogen-bond donors (Lipinski definition) is 1. The van der Waals surface area contributed by atoms with Gasteiger partial charge in [0.15, 0.2) is 16.6 Å². The summed E-state index contributed by atoms with van der Waals surface area (Å²) in [6, 6.07) is 20.1. The number of aromatic nitrogens is 5. The second-order valence-corrected chi connectivity index (χ2v) is 30.5. The van der Waals surface area contributed by atoms with Crippen LogP contribution in [0.15, 0.2) is 82.6 Å². The van der Waals surface area contributed by atoms with E-state index < -0.39 is 16.6 Å². The van der Waals surface area contributed by atoms with Crippen molar-refractivity contribution in [1.82, 2.24) is 38.2 Å². The van der Waals surface area contributed by atoms with Crippen molar-refractivity contribution < 1.29 is 18.4 Å². The number of benzene rings is 2. The third-order valence-electron chi connectivity index (χ3n) is 13.9. The molecule has 6 heterocycles. The minimum absolute atomic E-state index is 0.0217. The summed E-state index contributed by atoms with van der Waals surface area (Å²) in [5.74, 6) is -0.252. The smallest absolute Gasteiger partial charge is 0.333 e. The van der Waals surface area contributed by atoms with Crippen LogP contribution in [0.1, 0.15) is 92.0 Å². The van der Waals surface area contributed by atoms with Gasteiger partial charge in [0.2, 0.25) is 0 Å².